The van der Waals surface area contributed by atoms with Gasteiger partial charge in [0.15, 0.2) is 0 Å². The van der Waals surface area contributed by atoms with Gasteiger partial charge in [0.1, 0.15) is 5.82 Å². The summed E-state index contributed by atoms with van der Waals surface area (Å²) in [4.78, 5) is 2.24. The Bertz CT molecular complexity index is 382. The lowest BCUT2D eigenvalue weighted by molar-refractivity contribution is 0.148. The van der Waals surface area contributed by atoms with Crippen LogP contribution >= 0.6 is 12.6 Å². The zero-order valence-corrected chi connectivity index (χ0v) is 13.4. The first-order valence-electron chi connectivity index (χ1n) is 7.05. The Kier molecular flexibility index (Phi) is 6.34. The maximum atomic E-state index is 13.8. The molecule has 0 aliphatic carbocycles. The van der Waals surface area contributed by atoms with E-state index in [-0.39, 0.29) is 17.3 Å². The molecule has 0 radical (unpaired) electrons. The average Bonchev–Trinajstić information content (AvgIpc) is 2.44. The fourth-order valence-corrected chi connectivity index (χ4v) is 3.01. The quantitative estimate of drug-likeness (QED) is 0.718. The van der Waals surface area contributed by atoms with Crippen LogP contribution < -0.4 is 0 Å². The highest BCUT2D eigenvalue weighted by molar-refractivity contribution is 7.80. The van der Waals surface area contributed by atoms with Gasteiger partial charge >= 0.3 is 0 Å². The van der Waals surface area contributed by atoms with Crippen molar-refractivity contribution in [2.75, 3.05) is 19.3 Å². The average molecular weight is 283 g/mol. The third kappa shape index (κ3) is 3.96. The van der Waals surface area contributed by atoms with Crippen LogP contribution in [0.3, 0.4) is 0 Å². The summed E-state index contributed by atoms with van der Waals surface area (Å²) in [5, 5.41) is 0. The largest absolute Gasteiger partial charge is 0.299 e. The minimum Gasteiger partial charge on any atom is -0.299 e. The van der Waals surface area contributed by atoms with Gasteiger partial charge in [-0.3, -0.25) is 4.90 Å². The highest BCUT2D eigenvalue weighted by atomic mass is 32.1. The van der Waals surface area contributed by atoms with Crippen LogP contribution in [-0.4, -0.2) is 24.2 Å². The lowest BCUT2D eigenvalue weighted by Crippen LogP contribution is -2.37. The molecule has 1 aromatic rings. The van der Waals surface area contributed by atoms with Crippen molar-refractivity contribution in [2.45, 2.75) is 39.7 Å². The summed E-state index contributed by atoms with van der Waals surface area (Å²) in [6.45, 7) is 7.43. The number of thiol groups is 1. The third-order valence-corrected chi connectivity index (χ3v) is 5.11. The third-order valence-electron chi connectivity index (χ3n) is 4.44. The maximum Gasteiger partial charge on any atom is 0.127 e. The van der Waals surface area contributed by atoms with Gasteiger partial charge in [0.25, 0.3) is 0 Å². The van der Waals surface area contributed by atoms with Crippen molar-refractivity contribution >= 4 is 12.6 Å². The van der Waals surface area contributed by atoms with E-state index >= 15 is 0 Å². The first kappa shape index (κ1) is 16.5. The number of benzene rings is 1. The van der Waals surface area contributed by atoms with Crippen LogP contribution in [0.25, 0.3) is 0 Å². The topological polar surface area (TPSA) is 3.24 Å². The molecule has 0 spiro atoms. The molecule has 0 aliphatic rings. The van der Waals surface area contributed by atoms with E-state index in [0.717, 1.165) is 30.7 Å². The molecule has 0 aromatic heterocycles. The molecular weight excluding hydrogens is 257 g/mol. The highest BCUT2D eigenvalue weighted by Crippen LogP contribution is 2.32. The number of nitrogens with zero attached hydrogens (tertiary/aromatic N) is 1. The molecule has 1 rings (SSSR count). The summed E-state index contributed by atoms with van der Waals surface area (Å²) >= 11 is 4.51. The molecule has 0 bridgehead atoms. The van der Waals surface area contributed by atoms with Gasteiger partial charge in [0, 0.05) is 18.2 Å². The minimum absolute atomic E-state index is 0.0820. The van der Waals surface area contributed by atoms with Crippen LogP contribution in [0.4, 0.5) is 4.39 Å². The molecular formula is C16H26FNS. The lowest BCUT2D eigenvalue weighted by atomic mass is 9.83. The van der Waals surface area contributed by atoms with Gasteiger partial charge < -0.3 is 0 Å². The van der Waals surface area contributed by atoms with Crippen molar-refractivity contribution in [1.29, 1.82) is 0 Å². The molecule has 0 saturated carbocycles. The number of hydrogen-bond donors (Lipinski definition) is 1. The van der Waals surface area contributed by atoms with Crippen LogP contribution in [0.1, 0.15) is 45.2 Å². The van der Waals surface area contributed by atoms with E-state index in [9.17, 15) is 4.39 Å². The van der Waals surface area contributed by atoms with Crippen molar-refractivity contribution in [2.24, 2.45) is 5.41 Å². The normalized spacial score (nSPS) is 13.8. The van der Waals surface area contributed by atoms with Crippen LogP contribution in [0, 0.1) is 11.2 Å². The summed E-state index contributed by atoms with van der Waals surface area (Å²) in [6.07, 6.45) is 2.20. The van der Waals surface area contributed by atoms with E-state index in [4.69, 9.17) is 0 Å². The Hall–Kier alpha value is -0.540. The van der Waals surface area contributed by atoms with Crippen molar-refractivity contribution in [3.63, 3.8) is 0 Å². The summed E-state index contributed by atoms with van der Waals surface area (Å²) in [7, 11) is 2.07. The van der Waals surface area contributed by atoms with Gasteiger partial charge in [-0.05, 0) is 44.0 Å². The fourth-order valence-electron chi connectivity index (χ4n) is 2.46. The number of rotatable bonds is 7. The second-order valence-corrected chi connectivity index (χ2v) is 5.79. The Labute approximate surface area is 122 Å². The predicted molar refractivity (Wildman–Crippen MR) is 84.3 cm³/mol. The second kappa shape index (κ2) is 7.30. The Morgan fingerprint density at radius 3 is 2.32 bits per heavy atom. The van der Waals surface area contributed by atoms with Crippen LogP contribution in [0.2, 0.25) is 0 Å². The van der Waals surface area contributed by atoms with Crippen LogP contribution in [0.5, 0.6) is 0 Å². The molecule has 1 aromatic carbocycles. The Balaban J connectivity index is 2.83. The zero-order chi connectivity index (χ0) is 14.5. The van der Waals surface area contributed by atoms with Crippen LogP contribution in [0.15, 0.2) is 24.3 Å². The standard InChI is InChI=1S/C16H26FNS/c1-5-16(6-2,12-19)11-18(4)13(3)14-9-7-8-10-15(14)17/h7-10,13,19H,5-6,11-12H2,1-4H3. The zero-order valence-electron chi connectivity index (χ0n) is 12.5. The molecule has 19 heavy (non-hydrogen) atoms. The summed E-state index contributed by atoms with van der Waals surface area (Å²) in [6, 6.07) is 7.12. The molecule has 0 amide bonds. The molecule has 0 N–H and O–H groups in total. The smallest absolute Gasteiger partial charge is 0.127 e. The monoisotopic (exact) mass is 283 g/mol. The van der Waals surface area contributed by atoms with Crippen LogP contribution in [-0.2, 0) is 0 Å². The Morgan fingerprint density at radius 1 is 1.26 bits per heavy atom. The second-order valence-electron chi connectivity index (χ2n) is 5.48. The molecule has 0 aliphatic heterocycles. The van der Waals surface area contributed by atoms with Gasteiger partial charge in [0.05, 0.1) is 0 Å². The SMILES string of the molecule is CCC(CC)(CS)CN(C)C(C)c1ccccc1F. The van der Waals surface area contributed by atoms with E-state index < -0.39 is 0 Å². The molecule has 1 nitrogen and oxygen atoms in total. The highest BCUT2D eigenvalue weighted by Gasteiger charge is 2.28. The molecule has 0 fully saturated rings. The van der Waals surface area contributed by atoms with E-state index in [2.05, 4.69) is 45.3 Å². The van der Waals surface area contributed by atoms with Gasteiger partial charge in [0.2, 0.25) is 0 Å². The first-order valence-corrected chi connectivity index (χ1v) is 7.68. The van der Waals surface area contributed by atoms with E-state index in [1.165, 1.54) is 6.07 Å². The Morgan fingerprint density at radius 2 is 1.84 bits per heavy atom. The molecule has 0 heterocycles. The molecule has 0 saturated heterocycles. The van der Waals surface area contributed by atoms with Gasteiger partial charge in [-0.1, -0.05) is 32.0 Å². The molecule has 108 valence electrons. The molecule has 3 heteroatoms. The summed E-state index contributed by atoms with van der Waals surface area (Å²) < 4.78 is 13.8. The number of halogens is 1. The van der Waals surface area contributed by atoms with E-state index in [1.807, 2.05) is 12.1 Å². The van der Waals surface area contributed by atoms with Gasteiger partial charge in [-0.25, -0.2) is 4.39 Å². The fraction of sp³-hybridized carbons (Fsp3) is 0.625. The van der Waals surface area contributed by atoms with E-state index in [1.54, 1.807) is 6.07 Å². The van der Waals surface area contributed by atoms with Gasteiger partial charge in [-0.15, -0.1) is 0 Å². The summed E-state index contributed by atoms with van der Waals surface area (Å²) in [5.41, 5.74) is 0.988. The molecule has 1 atom stereocenters. The summed E-state index contributed by atoms with van der Waals surface area (Å²) in [5.74, 6) is 0.750. The predicted octanol–water partition coefficient (Wildman–Crippen LogP) is 4.55. The lowest BCUT2D eigenvalue weighted by Gasteiger charge is -2.37. The first-order chi connectivity index (χ1) is 8.99. The van der Waals surface area contributed by atoms with Crippen molar-refractivity contribution in [3.05, 3.63) is 35.6 Å². The van der Waals surface area contributed by atoms with Crippen molar-refractivity contribution in [3.8, 4) is 0 Å². The van der Waals surface area contributed by atoms with Crippen molar-refractivity contribution < 1.29 is 4.39 Å². The van der Waals surface area contributed by atoms with Gasteiger partial charge in [-0.2, -0.15) is 12.6 Å². The molecule has 1 unspecified atom stereocenters. The van der Waals surface area contributed by atoms with Crippen molar-refractivity contribution in [1.82, 2.24) is 4.90 Å². The van der Waals surface area contributed by atoms with E-state index in [0.29, 0.717) is 0 Å². The number of hydrogen-bond acceptors (Lipinski definition) is 2. The maximum absolute atomic E-state index is 13.8. The minimum atomic E-state index is -0.119.